The quantitative estimate of drug-likeness (QED) is 0.242. The number of alkyl halides is 3. The van der Waals surface area contributed by atoms with Crippen molar-refractivity contribution in [2.24, 2.45) is 7.05 Å². The second-order valence-electron chi connectivity index (χ2n) is 10.6. The zero-order chi connectivity index (χ0) is 31.0. The Labute approximate surface area is 250 Å². The summed E-state index contributed by atoms with van der Waals surface area (Å²) in [6, 6.07) is 7.45. The number of hydrogen-bond acceptors (Lipinski definition) is 5. The fraction of sp³-hybridized carbons (Fsp3) is 0.276. The standard InChI is InChI=1S/C29H24BrF4N7O2/c1-14-7-16(3)41(37-14)28-36-24-13-39(26(42)17-5-6-22(30)21(10-17)29(32,33)34)15(2)8-20(24)27(43)40(28)19-9-18-12-35-38(4)25(18)23(31)11-19/h5-7,9-12,15H,8,13H2,1-4H3. The minimum Gasteiger partial charge on any atom is -0.330 e. The third kappa shape index (κ3) is 4.82. The van der Waals surface area contributed by atoms with Gasteiger partial charge in [-0.3, -0.25) is 14.3 Å². The summed E-state index contributed by atoms with van der Waals surface area (Å²) >= 11 is 2.91. The van der Waals surface area contributed by atoms with Gasteiger partial charge in [0.05, 0.1) is 35.4 Å². The van der Waals surface area contributed by atoms with E-state index in [-0.39, 0.29) is 45.8 Å². The van der Waals surface area contributed by atoms with Crippen LogP contribution in [0.15, 0.2) is 51.9 Å². The van der Waals surface area contributed by atoms with Gasteiger partial charge >= 0.3 is 6.18 Å². The number of halogens is 5. The molecule has 0 bridgehead atoms. The van der Waals surface area contributed by atoms with Crippen LogP contribution in [0.2, 0.25) is 0 Å². The van der Waals surface area contributed by atoms with E-state index in [1.54, 1.807) is 40.0 Å². The Balaban J connectivity index is 1.50. The maximum absolute atomic E-state index is 15.3. The fourth-order valence-electron chi connectivity index (χ4n) is 5.55. The zero-order valence-electron chi connectivity index (χ0n) is 23.4. The molecule has 1 atom stereocenters. The topological polar surface area (TPSA) is 90.8 Å². The van der Waals surface area contributed by atoms with Crippen LogP contribution in [0.25, 0.3) is 22.5 Å². The number of carbonyl (C=O) groups excluding carboxylic acids is 1. The highest BCUT2D eigenvalue weighted by molar-refractivity contribution is 9.10. The minimum absolute atomic E-state index is 0.0851. The molecule has 0 fully saturated rings. The number of aryl methyl sites for hydroxylation is 3. The molecule has 3 aromatic heterocycles. The van der Waals surface area contributed by atoms with Gasteiger partial charge in [-0.1, -0.05) is 15.9 Å². The van der Waals surface area contributed by atoms with Crippen molar-refractivity contribution in [3.05, 3.63) is 97.0 Å². The molecule has 0 N–H and O–H groups in total. The Morgan fingerprint density at radius 3 is 2.53 bits per heavy atom. The lowest BCUT2D eigenvalue weighted by Crippen LogP contribution is -2.46. The number of aromatic nitrogens is 6. The highest BCUT2D eigenvalue weighted by Gasteiger charge is 2.36. The first-order chi connectivity index (χ1) is 20.2. The van der Waals surface area contributed by atoms with Crippen LogP contribution in [0.1, 0.15) is 45.5 Å². The molecule has 1 amide bonds. The predicted molar refractivity (Wildman–Crippen MR) is 153 cm³/mol. The maximum atomic E-state index is 15.3. The molecule has 1 aliphatic rings. The normalized spacial score (nSPS) is 15.3. The van der Waals surface area contributed by atoms with Crippen LogP contribution in [-0.4, -0.2) is 46.0 Å². The Morgan fingerprint density at radius 2 is 1.86 bits per heavy atom. The lowest BCUT2D eigenvalue weighted by atomic mass is 9.98. The molecule has 4 heterocycles. The summed E-state index contributed by atoms with van der Waals surface area (Å²) in [5, 5.41) is 9.10. The van der Waals surface area contributed by atoms with E-state index in [0.717, 1.165) is 6.07 Å². The van der Waals surface area contributed by atoms with Gasteiger partial charge in [0.15, 0.2) is 5.82 Å². The molecular formula is C29H24BrF4N7O2. The van der Waals surface area contributed by atoms with Crippen LogP contribution in [-0.2, 0) is 26.2 Å². The molecule has 6 rings (SSSR count). The molecule has 0 aliphatic carbocycles. The molecule has 0 saturated heterocycles. The molecule has 1 aliphatic heterocycles. The van der Waals surface area contributed by atoms with Crippen molar-refractivity contribution < 1.29 is 22.4 Å². The van der Waals surface area contributed by atoms with Crippen LogP contribution in [0, 0.1) is 19.7 Å². The number of carbonyl (C=O) groups is 1. The van der Waals surface area contributed by atoms with Crippen molar-refractivity contribution in [3.63, 3.8) is 0 Å². The number of hydrogen-bond donors (Lipinski definition) is 0. The highest BCUT2D eigenvalue weighted by Crippen LogP contribution is 2.36. The second-order valence-corrected chi connectivity index (χ2v) is 11.5. The average molecular weight is 658 g/mol. The Morgan fingerprint density at radius 1 is 1.12 bits per heavy atom. The number of nitrogens with zero attached hydrogens (tertiary/aromatic N) is 7. The van der Waals surface area contributed by atoms with Gasteiger partial charge in [-0.25, -0.2) is 18.6 Å². The largest absolute Gasteiger partial charge is 0.417 e. The van der Waals surface area contributed by atoms with E-state index in [2.05, 4.69) is 26.1 Å². The van der Waals surface area contributed by atoms with Crippen molar-refractivity contribution in [1.82, 2.24) is 34.0 Å². The van der Waals surface area contributed by atoms with Crippen LogP contribution in [0.5, 0.6) is 0 Å². The molecular weight excluding hydrogens is 634 g/mol. The molecule has 5 aromatic rings. The Bertz CT molecular complexity index is 2010. The van der Waals surface area contributed by atoms with Crippen molar-refractivity contribution in [3.8, 4) is 11.6 Å². The highest BCUT2D eigenvalue weighted by atomic mass is 79.9. The first kappa shape index (κ1) is 28.8. The second kappa shape index (κ2) is 10.1. The van der Waals surface area contributed by atoms with Crippen molar-refractivity contribution >= 4 is 32.7 Å². The van der Waals surface area contributed by atoms with E-state index >= 15 is 4.39 Å². The van der Waals surface area contributed by atoms with Gasteiger partial charge in [-0.15, -0.1) is 0 Å². The van der Waals surface area contributed by atoms with Crippen molar-refractivity contribution in [1.29, 1.82) is 0 Å². The van der Waals surface area contributed by atoms with E-state index in [0.29, 0.717) is 22.3 Å². The van der Waals surface area contributed by atoms with E-state index in [1.807, 2.05) is 0 Å². The lowest BCUT2D eigenvalue weighted by molar-refractivity contribution is -0.138. The summed E-state index contributed by atoms with van der Waals surface area (Å²) in [7, 11) is 1.62. The summed E-state index contributed by atoms with van der Waals surface area (Å²) < 4.78 is 59.9. The van der Waals surface area contributed by atoms with E-state index in [1.165, 1.54) is 43.2 Å². The van der Waals surface area contributed by atoms with Crippen LogP contribution >= 0.6 is 15.9 Å². The number of amides is 1. The van der Waals surface area contributed by atoms with E-state index in [4.69, 9.17) is 4.98 Å². The first-order valence-corrected chi connectivity index (χ1v) is 14.0. The lowest BCUT2D eigenvalue weighted by Gasteiger charge is -2.34. The summed E-state index contributed by atoms with van der Waals surface area (Å²) in [4.78, 5) is 33.9. The molecule has 222 valence electrons. The molecule has 0 spiro atoms. The molecule has 0 radical (unpaired) electrons. The zero-order valence-corrected chi connectivity index (χ0v) is 25.0. The average Bonchev–Trinajstić information content (AvgIpc) is 3.48. The number of benzene rings is 2. The predicted octanol–water partition coefficient (Wildman–Crippen LogP) is 5.43. The van der Waals surface area contributed by atoms with Crippen molar-refractivity contribution in [2.45, 2.75) is 46.0 Å². The van der Waals surface area contributed by atoms with Crippen LogP contribution in [0.4, 0.5) is 17.6 Å². The SMILES string of the molecule is Cc1cc(C)n(-c2nc3c(c(=O)n2-c2cc(F)c4c(cnn4C)c2)CC(C)N(C(=O)c2ccc(Br)c(C(F)(F)F)c2)C3)n1. The summed E-state index contributed by atoms with van der Waals surface area (Å²) in [5.41, 5.74) is 0.857. The molecule has 43 heavy (non-hydrogen) atoms. The molecule has 1 unspecified atom stereocenters. The number of rotatable bonds is 3. The van der Waals surface area contributed by atoms with Crippen molar-refractivity contribution in [2.75, 3.05) is 0 Å². The van der Waals surface area contributed by atoms with Gasteiger partial charge in [0.25, 0.3) is 11.5 Å². The molecule has 2 aromatic carbocycles. The van der Waals surface area contributed by atoms with Crippen LogP contribution < -0.4 is 5.56 Å². The van der Waals surface area contributed by atoms with Gasteiger partial charge < -0.3 is 4.90 Å². The van der Waals surface area contributed by atoms with Gasteiger partial charge in [0, 0.05) is 45.8 Å². The first-order valence-electron chi connectivity index (χ1n) is 13.2. The number of fused-ring (bicyclic) bond motifs is 2. The van der Waals surface area contributed by atoms with E-state index in [9.17, 15) is 22.8 Å². The monoisotopic (exact) mass is 657 g/mol. The summed E-state index contributed by atoms with van der Waals surface area (Å²) in [6.45, 7) is 5.15. The molecule has 0 saturated carbocycles. The summed E-state index contributed by atoms with van der Waals surface area (Å²) in [6.07, 6.45) is -3.07. The fourth-order valence-corrected chi connectivity index (χ4v) is 6.02. The Hall–Kier alpha value is -4.33. The van der Waals surface area contributed by atoms with Gasteiger partial charge in [-0.2, -0.15) is 23.4 Å². The van der Waals surface area contributed by atoms with Crippen LogP contribution in [0.3, 0.4) is 0 Å². The minimum atomic E-state index is -4.66. The summed E-state index contributed by atoms with van der Waals surface area (Å²) in [5.74, 6) is -1.12. The third-order valence-electron chi connectivity index (χ3n) is 7.60. The van der Waals surface area contributed by atoms with Gasteiger partial charge in [0.1, 0.15) is 5.52 Å². The third-order valence-corrected chi connectivity index (χ3v) is 8.30. The molecule has 14 heteroatoms. The van der Waals surface area contributed by atoms with E-state index < -0.39 is 35.1 Å². The molecule has 9 nitrogen and oxygen atoms in total. The van der Waals surface area contributed by atoms with Gasteiger partial charge in [-0.05, 0) is 57.5 Å². The Kier molecular flexibility index (Phi) is 6.79. The van der Waals surface area contributed by atoms with Gasteiger partial charge in [0.2, 0.25) is 5.95 Å². The maximum Gasteiger partial charge on any atom is 0.417 e. The smallest absolute Gasteiger partial charge is 0.330 e.